The van der Waals surface area contributed by atoms with Gasteiger partial charge in [-0.05, 0) is 31.2 Å². The van der Waals surface area contributed by atoms with Crippen LogP contribution in [0.15, 0.2) is 48.7 Å². The Morgan fingerprint density at radius 1 is 1.30 bits per heavy atom. The normalized spacial score (nSPS) is 10.5. The fraction of sp³-hybridized carbons (Fsp3) is 0.111. The molecule has 9 heteroatoms. The first-order valence-corrected chi connectivity index (χ1v) is 8.23. The van der Waals surface area contributed by atoms with E-state index in [-0.39, 0.29) is 11.4 Å². The molecule has 8 nitrogen and oxygen atoms in total. The lowest BCUT2D eigenvalue weighted by atomic mass is 10.2. The highest BCUT2D eigenvalue weighted by Crippen LogP contribution is 2.29. The Balaban J connectivity index is 1.92. The van der Waals surface area contributed by atoms with E-state index in [2.05, 4.69) is 10.4 Å². The van der Waals surface area contributed by atoms with Gasteiger partial charge in [-0.2, -0.15) is 5.10 Å². The first-order valence-electron chi connectivity index (χ1n) is 7.85. The van der Waals surface area contributed by atoms with Crippen molar-refractivity contribution in [1.82, 2.24) is 9.78 Å². The Labute approximate surface area is 159 Å². The van der Waals surface area contributed by atoms with Crippen LogP contribution >= 0.6 is 11.6 Å². The molecule has 0 aliphatic heterocycles. The van der Waals surface area contributed by atoms with Gasteiger partial charge < -0.3 is 10.1 Å². The minimum Gasteiger partial charge on any atom is -0.495 e. The summed E-state index contributed by atoms with van der Waals surface area (Å²) in [6.45, 7) is 1.74. The molecule has 0 atom stereocenters. The van der Waals surface area contributed by atoms with Gasteiger partial charge in [-0.1, -0.05) is 17.7 Å². The third kappa shape index (κ3) is 3.75. The Morgan fingerprint density at radius 2 is 2.07 bits per heavy atom. The topological polar surface area (TPSA) is 99.3 Å². The number of aromatic nitrogens is 2. The molecule has 0 bridgehead atoms. The molecule has 0 spiro atoms. The lowest BCUT2D eigenvalue weighted by Crippen LogP contribution is -2.14. The van der Waals surface area contributed by atoms with E-state index in [4.69, 9.17) is 16.3 Å². The Kier molecular flexibility index (Phi) is 5.09. The fourth-order valence-corrected chi connectivity index (χ4v) is 2.78. The molecule has 0 aliphatic rings. The number of nitro groups is 1. The minimum absolute atomic E-state index is 0.155. The molecule has 1 amide bonds. The average molecular weight is 387 g/mol. The van der Waals surface area contributed by atoms with Crippen molar-refractivity contribution in [3.05, 3.63) is 75.1 Å². The van der Waals surface area contributed by atoms with Gasteiger partial charge in [0.1, 0.15) is 5.75 Å². The molecule has 27 heavy (non-hydrogen) atoms. The van der Waals surface area contributed by atoms with Crippen LogP contribution in [0.3, 0.4) is 0 Å². The predicted octanol–water partition coefficient (Wildman–Crippen LogP) is 4.00. The van der Waals surface area contributed by atoms with Crippen LogP contribution in [0.4, 0.5) is 11.4 Å². The van der Waals surface area contributed by atoms with Crippen molar-refractivity contribution in [1.29, 1.82) is 0 Å². The predicted molar refractivity (Wildman–Crippen MR) is 101 cm³/mol. The zero-order chi connectivity index (χ0) is 19.6. The molecule has 0 unspecified atom stereocenters. The summed E-state index contributed by atoms with van der Waals surface area (Å²) >= 11 is 6.01. The van der Waals surface area contributed by atoms with E-state index in [1.807, 2.05) is 6.07 Å². The summed E-state index contributed by atoms with van der Waals surface area (Å²) in [5, 5.41) is 18.4. The van der Waals surface area contributed by atoms with Crippen molar-refractivity contribution >= 4 is 28.9 Å². The second-order valence-corrected chi connectivity index (χ2v) is 6.07. The molecule has 0 radical (unpaired) electrons. The maximum absolute atomic E-state index is 12.7. The van der Waals surface area contributed by atoms with Crippen LogP contribution < -0.4 is 10.1 Å². The number of carbonyl (C=O) groups is 1. The van der Waals surface area contributed by atoms with Gasteiger partial charge in [-0.25, -0.2) is 4.68 Å². The summed E-state index contributed by atoms with van der Waals surface area (Å²) in [5.41, 5.74) is 1.68. The number of anilines is 1. The van der Waals surface area contributed by atoms with Crippen LogP contribution in [0.5, 0.6) is 5.75 Å². The number of benzene rings is 2. The molecule has 1 N–H and O–H groups in total. The summed E-state index contributed by atoms with van der Waals surface area (Å²) in [5.74, 6) is -0.145. The molecule has 2 aromatic carbocycles. The summed E-state index contributed by atoms with van der Waals surface area (Å²) in [6, 6.07) is 11.0. The quantitative estimate of drug-likeness (QED) is 0.527. The number of ether oxygens (including phenoxy) is 1. The number of nitro benzene ring substituents is 1. The number of non-ortho nitro benzene ring substituents is 1. The van der Waals surface area contributed by atoms with Crippen molar-refractivity contribution in [2.45, 2.75) is 6.92 Å². The molecular formula is C18H15ClN4O4. The van der Waals surface area contributed by atoms with Gasteiger partial charge in [-0.3, -0.25) is 14.9 Å². The van der Waals surface area contributed by atoms with E-state index in [1.165, 1.54) is 31.5 Å². The number of nitrogens with one attached hydrogen (secondary N) is 1. The maximum Gasteiger partial charge on any atom is 0.271 e. The van der Waals surface area contributed by atoms with E-state index in [0.29, 0.717) is 27.7 Å². The van der Waals surface area contributed by atoms with Gasteiger partial charge >= 0.3 is 0 Å². The number of hydrogen-bond donors (Lipinski definition) is 1. The number of methoxy groups -OCH3 is 1. The molecule has 0 saturated heterocycles. The van der Waals surface area contributed by atoms with Crippen LogP contribution in [-0.4, -0.2) is 27.7 Å². The lowest BCUT2D eigenvalue weighted by Gasteiger charge is -2.10. The van der Waals surface area contributed by atoms with Crippen molar-refractivity contribution < 1.29 is 14.5 Å². The van der Waals surface area contributed by atoms with Gasteiger partial charge in [-0.15, -0.1) is 0 Å². The second-order valence-electron chi connectivity index (χ2n) is 5.63. The molecule has 1 aromatic heterocycles. The smallest absolute Gasteiger partial charge is 0.271 e. The van der Waals surface area contributed by atoms with E-state index in [0.717, 1.165) is 0 Å². The van der Waals surface area contributed by atoms with Gasteiger partial charge in [0, 0.05) is 17.2 Å². The summed E-state index contributed by atoms with van der Waals surface area (Å²) < 4.78 is 6.75. The van der Waals surface area contributed by atoms with E-state index < -0.39 is 10.8 Å². The number of nitrogens with zero attached hydrogens (tertiary/aromatic N) is 3. The largest absolute Gasteiger partial charge is 0.495 e. The summed E-state index contributed by atoms with van der Waals surface area (Å²) in [7, 11) is 1.42. The maximum atomic E-state index is 12.7. The number of halogens is 1. The Morgan fingerprint density at radius 3 is 2.74 bits per heavy atom. The molecule has 3 rings (SSSR count). The lowest BCUT2D eigenvalue weighted by molar-refractivity contribution is -0.384. The molecule has 1 heterocycles. The SMILES string of the molecule is COc1ccc([N+](=O)[O-])cc1NC(=O)c1cnn(-c2cccc(Cl)c2)c1C. The zero-order valence-electron chi connectivity index (χ0n) is 14.5. The van der Waals surface area contributed by atoms with Crippen LogP contribution in [-0.2, 0) is 0 Å². The highest BCUT2D eigenvalue weighted by atomic mass is 35.5. The summed E-state index contributed by atoms with van der Waals surface area (Å²) in [4.78, 5) is 23.1. The van der Waals surface area contributed by atoms with Crippen molar-refractivity contribution in [2.24, 2.45) is 0 Å². The van der Waals surface area contributed by atoms with Crippen molar-refractivity contribution in [3.8, 4) is 11.4 Å². The standard InChI is InChI=1S/C18H15ClN4O4/c1-11-15(10-20-22(11)13-5-3-4-12(19)8-13)18(24)21-16-9-14(23(25)26)6-7-17(16)27-2/h3-10H,1-2H3,(H,21,24). The van der Waals surface area contributed by atoms with Crippen LogP contribution in [0.1, 0.15) is 16.1 Å². The molecule has 0 fully saturated rings. The average Bonchev–Trinajstić information content (AvgIpc) is 3.03. The van der Waals surface area contributed by atoms with E-state index in [1.54, 1.807) is 29.8 Å². The first-order chi connectivity index (χ1) is 12.9. The van der Waals surface area contributed by atoms with Crippen LogP contribution in [0, 0.1) is 17.0 Å². The monoisotopic (exact) mass is 386 g/mol. The molecule has 0 saturated carbocycles. The van der Waals surface area contributed by atoms with Crippen LogP contribution in [0.2, 0.25) is 5.02 Å². The molecule has 138 valence electrons. The molecular weight excluding hydrogens is 372 g/mol. The van der Waals surface area contributed by atoms with E-state index >= 15 is 0 Å². The highest BCUT2D eigenvalue weighted by molar-refractivity contribution is 6.30. The van der Waals surface area contributed by atoms with Gasteiger partial charge in [0.05, 0.1) is 40.9 Å². The second kappa shape index (κ2) is 7.46. The minimum atomic E-state index is -0.544. The van der Waals surface area contributed by atoms with Crippen molar-refractivity contribution in [2.75, 3.05) is 12.4 Å². The first kappa shape index (κ1) is 18.4. The fourth-order valence-electron chi connectivity index (χ4n) is 2.60. The molecule has 0 aliphatic carbocycles. The van der Waals surface area contributed by atoms with Crippen molar-refractivity contribution in [3.63, 3.8) is 0 Å². The highest BCUT2D eigenvalue weighted by Gasteiger charge is 2.19. The van der Waals surface area contributed by atoms with Gasteiger partial charge in [0.15, 0.2) is 0 Å². The van der Waals surface area contributed by atoms with E-state index in [9.17, 15) is 14.9 Å². The third-order valence-corrected chi connectivity index (χ3v) is 4.18. The molecule has 3 aromatic rings. The zero-order valence-corrected chi connectivity index (χ0v) is 15.2. The third-order valence-electron chi connectivity index (χ3n) is 3.95. The number of carbonyl (C=O) groups excluding carboxylic acids is 1. The summed E-state index contributed by atoms with van der Waals surface area (Å²) in [6.07, 6.45) is 1.43. The Hall–Kier alpha value is -3.39. The Bertz CT molecular complexity index is 1030. The number of amides is 1. The van der Waals surface area contributed by atoms with Gasteiger partial charge in [0.2, 0.25) is 0 Å². The number of hydrogen-bond acceptors (Lipinski definition) is 5. The van der Waals surface area contributed by atoms with Crippen LogP contribution in [0.25, 0.3) is 5.69 Å². The number of rotatable bonds is 5. The van der Waals surface area contributed by atoms with Gasteiger partial charge in [0.25, 0.3) is 11.6 Å².